The van der Waals surface area contributed by atoms with Crippen LogP contribution in [0.2, 0.25) is 0 Å². The monoisotopic (exact) mass is 414 g/mol. The minimum Gasteiger partial charge on any atom is -0.475 e. The van der Waals surface area contributed by atoms with Crippen molar-refractivity contribution in [2.24, 2.45) is 7.05 Å². The zero-order valence-electron chi connectivity index (χ0n) is 16.4. The van der Waals surface area contributed by atoms with Crippen LogP contribution in [0.3, 0.4) is 0 Å². The van der Waals surface area contributed by atoms with Gasteiger partial charge in [-0.1, -0.05) is 0 Å². The van der Waals surface area contributed by atoms with Crippen molar-refractivity contribution in [2.45, 2.75) is 19.4 Å². The van der Waals surface area contributed by atoms with E-state index in [0.29, 0.717) is 24.8 Å². The van der Waals surface area contributed by atoms with E-state index in [4.69, 9.17) is 9.47 Å². The van der Waals surface area contributed by atoms with Crippen molar-refractivity contribution in [3.63, 3.8) is 0 Å². The van der Waals surface area contributed by atoms with Gasteiger partial charge in [-0.3, -0.25) is 0 Å². The van der Waals surface area contributed by atoms with Crippen molar-refractivity contribution < 1.29 is 9.47 Å². The molecule has 29 heavy (non-hydrogen) atoms. The van der Waals surface area contributed by atoms with Crippen LogP contribution in [-0.2, 0) is 11.8 Å². The van der Waals surface area contributed by atoms with Crippen molar-refractivity contribution in [3.8, 4) is 23.2 Å². The maximum Gasteiger partial charge on any atom is 0.234 e. The summed E-state index contributed by atoms with van der Waals surface area (Å²) in [6.45, 7) is 4.86. The Morgan fingerprint density at radius 2 is 2.21 bits per heavy atom. The third kappa shape index (κ3) is 4.48. The highest BCUT2D eigenvalue weighted by atomic mass is 35.5. The van der Waals surface area contributed by atoms with Gasteiger partial charge in [0.1, 0.15) is 18.3 Å². The van der Waals surface area contributed by atoms with E-state index in [9.17, 15) is 5.26 Å². The van der Waals surface area contributed by atoms with Crippen LogP contribution in [0.4, 0.5) is 0 Å². The van der Waals surface area contributed by atoms with Gasteiger partial charge in [0, 0.05) is 42.5 Å². The van der Waals surface area contributed by atoms with Gasteiger partial charge < -0.3 is 19.4 Å². The molecule has 0 spiro atoms. The van der Waals surface area contributed by atoms with Gasteiger partial charge in [0.15, 0.2) is 0 Å². The molecule has 0 aromatic carbocycles. The first-order valence-corrected chi connectivity index (χ1v) is 9.31. The van der Waals surface area contributed by atoms with Crippen LogP contribution in [0.25, 0.3) is 22.3 Å². The third-order valence-corrected chi connectivity index (χ3v) is 4.82. The zero-order chi connectivity index (χ0) is 19.5. The molecule has 1 aliphatic rings. The number of aryl methyl sites for hydroxylation is 2. The molecular formula is C20H23ClN6O2. The van der Waals surface area contributed by atoms with Gasteiger partial charge >= 0.3 is 0 Å². The largest absolute Gasteiger partial charge is 0.475 e. The number of nitrogens with one attached hydrogen (secondary N) is 1. The van der Waals surface area contributed by atoms with Gasteiger partial charge in [0.05, 0.1) is 18.4 Å². The predicted octanol–water partition coefficient (Wildman–Crippen LogP) is 2.39. The highest BCUT2D eigenvalue weighted by Crippen LogP contribution is 2.28. The summed E-state index contributed by atoms with van der Waals surface area (Å²) >= 11 is 0. The molecule has 4 rings (SSSR count). The Bertz CT molecular complexity index is 1040. The third-order valence-electron chi connectivity index (χ3n) is 4.82. The molecule has 3 aromatic heterocycles. The lowest BCUT2D eigenvalue weighted by Crippen LogP contribution is -2.20. The quantitative estimate of drug-likeness (QED) is 0.618. The second-order valence-electron chi connectivity index (χ2n) is 6.85. The minimum absolute atomic E-state index is 0. The Hall–Kier alpha value is -2.73. The molecule has 0 unspecified atom stereocenters. The second kappa shape index (κ2) is 9.18. The Morgan fingerprint density at radius 1 is 1.34 bits per heavy atom. The molecule has 1 atom stereocenters. The van der Waals surface area contributed by atoms with E-state index in [1.54, 1.807) is 6.20 Å². The predicted molar refractivity (Wildman–Crippen MR) is 111 cm³/mol. The van der Waals surface area contributed by atoms with E-state index in [1.165, 1.54) is 0 Å². The first-order valence-electron chi connectivity index (χ1n) is 9.31. The summed E-state index contributed by atoms with van der Waals surface area (Å²) in [5.74, 6) is 0.719. The molecule has 1 fully saturated rings. The van der Waals surface area contributed by atoms with Crippen LogP contribution in [0, 0.1) is 18.3 Å². The summed E-state index contributed by atoms with van der Waals surface area (Å²) in [4.78, 5) is 13.1. The number of ether oxygens (including phenoxy) is 2. The molecule has 4 heterocycles. The van der Waals surface area contributed by atoms with E-state index < -0.39 is 0 Å². The SMILES string of the molecule is Cc1cc(-c2nc(C#N)nc3c2ccn3C)cnc1OCCO[C@H]1CCNC1.Cl. The number of hydrogen-bond donors (Lipinski definition) is 1. The first-order chi connectivity index (χ1) is 13.7. The lowest BCUT2D eigenvalue weighted by molar-refractivity contribution is 0.0445. The van der Waals surface area contributed by atoms with Crippen molar-refractivity contribution in [1.29, 1.82) is 5.26 Å². The summed E-state index contributed by atoms with van der Waals surface area (Å²) in [6.07, 6.45) is 4.95. The number of hydrogen-bond acceptors (Lipinski definition) is 7. The number of fused-ring (bicyclic) bond motifs is 1. The Labute approximate surface area is 175 Å². The molecule has 0 bridgehead atoms. The number of nitrogens with zero attached hydrogens (tertiary/aromatic N) is 5. The molecule has 1 aliphatic heterocycles. The maximum absolute atomic E-state index is 9.26. The average molecular weight is 415 g/mol. The van der Waals surface area contributed by atoms with Gasteiger partial charge in [0.25, 0.3) is 0 Å². The van der Waals surface area contributed by atoms with Crippen LogP contribution >= 0.6 is 12.4 Å². The minimum atomic E-state index is 0. The van der Waals surface area contributed by atoms with E-state index in [1.807, 2.05) is 42.9 Å². The topological polar surface area (TPSA) is 97.9 Å². The smallest absolute Gasteiger partial charge is 0.234 e. The standard InChI is InChI=1S/C20H22N6O2.ClH/c1-13-9-14(11-23-20(13)28-8-7-27-15-3-5-22-12-15)18-16-4-6-26(2)19(16)25-17(10-21)24-18;/h4,6,9,11,15,22H,3,5,7-8,12H2,1-2H3;1H/t15-;/m0./s1. The van der Waals surface area contributed by atoms with Crippen molar-refractivity contribution in [3.05, 3.63) is 35.9 Å². The van der Waals surface area contributed by atoms with Crippen LogP contribution in [0.5, 0.6) is 5.88 Å². The number of aromatic nitrogens is 4. The van der Waals surface area contributed by atoms with E-state index >= 15 is 0 Å². The van der Waals surface area contributed by atoms with Gasteiger partial charge in [-0.2, -0.15) is 5.26 Å². The maximum atomic E-state index is 9.26. The Morgan fingerprint density at radius 3 is 2.93 bits per heavy atom. The zero-order valence-corrected chi connectivity index (χ0v) is 17.2. The van der Waals surface area contributed by atoms with Crippen LogP contribution in [0.15, 0.2) is 24.5 Å². The molecular weight excluding hydrogens is 392 g/mol. The van der Waals surface area contributed by atoms with Crippen LogP contribution in [-0.4, -0.2) is 51.9 Å². The average Bonchev–Trinajstić information content (AvgIpc) is 3.35. The Kier molecular flexibility index (Phi) is 6.64. The highest BCUT2D eigenvalue weighted by Gasteiger charge is 2.16. The number of halogens is 1. The fraction of sp³-hybridized carbons (Fsp3) is 0.400. The Balaban J connectivity index is 0.00000240. The van der Waals surface area contributed by atoms with Crippen molar-refractivity contribution >= 4 is 23.4 Å². The number of rotatable bonds is 6. The molecule has 1 N–H and O–H groups in total. The fourth-order valence-corrected chi connectivity index (χ4v) is 3.37. The molecule has 0 saturated carbocycles. The van der Waals surface area contributed by atoms with Crippen LogP contribution < -0.4 is 10.1 Å². The summed E-state index contributed by atoms with van der Waals surface area (Å²) in [5.41, 5.74) is 3.15. The number of pyridine rings is 1. The van der Waals surface area contributed by atoms with Gasteiger partial charge in [-0.25, -0.2) is 15.0 Å². The normalized spacial score (nSPS) is 15.8. The summed E-state index contributed by atoms with van der Waals surface area (Å²) in [7, 11) is 1.89. The highest BCUT2D eigenvalue weighted by molar-refractivity contribution is 5.91. The summed E-state index contributed by atoms with van der Waals surface area (Å²) in [5, 5.41) is 13.4. The molecule has 0 radical (unpaired) electrons. The van der Waals surface area contributed by atoms with Crippen molar-refractivity contribution in [1.82, 2.24) is 24.8 Å². The molecule has 152 valence electrons. The van der Waals surface area contributed by atoms with Crippen LogP contribution in [0.1, 0.15) is 17.8 Å². The molecule has 8 nitrogen and oxygen atoms in total. The fourth-order valence-electron chi connectivity index (χ4n) is 3.37. The molecule has 0 aliphatic carbocycles. The molecule has 3 aromatic rings. The van der Waals surface area contributed by atoms with E-state index in [2.05, 4.69) is 20.3 Å². The molecule has 0 amide bonds. The first kappa shape index (κ1) is 21.0. The van der Waals surface area contributed by atoms with Gasteiger partial charge in [-0.05, 0) is 32.0 Å². The number of nitriles is 1. The van der Waals surface area contributed by atoms with Gasteiger partial charge in [0.2, 0.25) is 11.7 Å². The second-order valence-corrected chi connectivity index (χ2v) is 6.85. The van der Waals surface area contributed by atoms with E-state index in [-0.39, 0.29) is 24.3 Å². The summed E-state index contributed by atoms with van der Waals surface area (Å²) in [6, 6.07) is 5.95. The molecule has 1 saturated heterocycles. The summed E-state index contributed by atoms with van der Waals surface area (Å²) < 4.78 is 13.4. The van der Waals surface area contributed by atoms with Gasteiger partial charge in [-0.15, -0.1) is 12.4 Å². The lowest BCUT2D eigenvalue weighted by Gasteiger charge is -2.12. The lowest BCUT2D eigenvalue weighted by atomic mass is 10.1. The van der Waals surface area contributed by atoms with Crippen molar-refractivity contribution in [2.75, 3.05) is 26.3 Å². The molecule has 9 heteroatoms. The van der Waals surface area contributed by atoms with E-state index in [0.717, 1.165) is 41.7 Å².